The molecule has 72 valence electrons. The average Bonchev–Trinajstić information content (AvgIpc) is 2.00. The molecule has 4 fully saturated rings. The Morgan fingerprint density at radius 2 is 1.77 bits per heavy atom. The van der Waals surface area contributed by atoms with E-state index in [1.807, 2.05) is 0 Å². The molecule has 3 nitrogen and oxygen atoms in total. The van der Waals surface area contributed by atoms with E-state index in [9.17, 15) is 4.79 Å². The van der Waals surface area contributed by atoms with Crippen LogP contribution in [0.3, 0.4) is 0 Å². The minimum absolute atomic E-state index is 0.146. The first-order valence-corrected chi connectivity index (χ1v) is 5.21. The highest BCUT2D eigenvalue weighted by atomic mass is 16.4. The lowest BCUT2D eigenvalue weighted by Gasteiger charge is -2.54. The van der Waals surface area contributed by atoms with Gasteiger partial charge in [0.1, 0.15) is 6.04 Å². The first kappa shape index (κ1) is 7.80. The molecule has 4 bridgehead atoms. The summed E-state index contributed by atoms with van der Waals surface area (Å²) in [5.41, 5.74) is 0. The van der Waals surface area contributed by atoms with Gasteiger partial charge in [0.15, 0.2) is 0 Å². The van der Waals surface area contributed by atoms with Crippen molar-refractivity contribution in [1.29, 1.82) is 0 Å². The van der Waals surface area contributed by atoms with Crippen LogP contribution in [0.1, 0.15) is 19.3 Å². The molecule has 1 saturated carbocycles. The lowest BCUT2D eigenvalue weighted by Crippen LogP contribution is -2.61. The number of carbonyl (C=O) groups is 1. The molecule has 0 aromatic heterocycles. The van der Waals surface area contributed by atoms with Gasteiger partial charge in [0.2, 0.25) is 0 Å². The fourth-order valence-corrected chi connectivity index (χ4v) is 3.79. The molecular weight excluding hydrogens is 166 g/mol. The first-order chi connectivity index (χ1) is 6.24. The molecule has 1 N–H and O–H groups in total. The number of rotatable bonds is 1. The summed E-state index contributed by atoms with van der Waals surface area (Å²) in [6, 6.07) is -0.146. The van der Waals surface area contributed by atoms with Gasteiger partial charge in [0.05, 0.1) is 0 Å². The minimum atomic E-state index is -0.594. The topological polar surface area (TPSA) is 40.5 Å². The van der Waals surface area contributed by atoms with E-state index in [0.29, 0.717) is 5.92 Å². The van der Waals surface area contributed by atoms with Gasteiger partial charge < -0.3 is 5.11 Å². The van der Waals surface area contributed by atoms with Crippen molar-refractivity contribution >= 4 is 5.97 Å². The Labute approximate surface area is 77.7 Å². The van der Waals surface area contributed by atoms with Gasteiger partial charge in [0, 0.05) is 13.1 Å². The monoisotopic (exact) mass is 181 g/mol. The molecule has 3 unspecified atom stereocenters. The minimum Gasteiger partial charge on any atom is -0.480 e. The first-order valence-electron chi connectivity index (χ1n) is 5.21. The highest BCUT2D eigenvalue weighted by Crippen LogP contribution is 2.46. The summed E-state index contributed by atoms with van der Waals surface area (Å²) >= 11 is 0. The Balaban J connectivity index is 1.89. The summed E-state index contributed by atoms with van der Waals surface area (Å²) in [7, 11) is 0. The molecule has 13 heavy (non-hydrogen) atoms. The average molecular weight is 181 g/mol. The summed E-state index contributed by atoms with van der Waals surface area (Å²) in [4.78, 5) is 13.3. The highest BCUT2D eigenvalue weighted by molar-refractivity contribution is 5.74. The van der Waals surface area contributed by atoms with E-state index in [0.717, 1.165) is 24.9 Å². The molecule has 0 spiro atoms. The van der Waals surface area contributed by atoms with Crippen LogP contribution in [0, 0.1) is 17.8 Å². The van der Waals surface area contributed by atoms with E-state index < -0.39 is 5.97 Å². The predicted octanol–water partition coefficient (Wildman–Crippen LogP) is 0.801. The van der Waals surface area contributed by atoms with Gasteiger partial charge in [-0.25, -0.2) is 0 Å². The number of carboxylic acids is 1. The molecule has 3 heterocycles. The number of hydrogen-bond acceptors (Lipinski definition) is 2. The number of hydrogen-bond donors (Lipinski definition) is 1. The van der Waals surface area contributed by atoms with Gasteiger partial charge in [0.25, 0.3) is 0 Å². The Hall–Kier alpha value is -0.570. The van der Waals surface area contributed by atoms with Crippen molar-refractivity contribution in [3.05, 3.63) is 0 Å². The van der Waals surface area contributed by atoms with E-state index in [4.69, 9.17) is 5.11 Å². The van der Waals surface area contributed by atoms with Crippen LogP contribution in [0.25, 0.3) is 0 Å². The van der Waals surface area contributed by atoms with Crippen LogP contribution in [-0.4, -0.2) is 35.1 Å². The van der Waals surface area contributed by atoms with E-state index in [2.05, 4.69) is 4.90 Å². The maximum Gasteiger partial charge on any atom is 0.321 e. The fourth-order valence-electron chi connectivity index (χ4n) is 3.79. The molecule has 4 rings (SSSR count). The van der Waals surface area contributed by atoms with Crippen LogP contribution in [0.4, 0.5) is 0 Å². The van der Waals surface area contributed by atoms with Gasteiger partial charge in [-0.2, -0.15) is 0 Å². The second kappa shape index (κ2) is 2.47. The molecule has 1 aliphatic carbocycles. The fraction of sp³-hybridized carbons (Fsp3) is 0.900. The molecule has 3 saturated heterocycles. The van der Waals surface area contributed by atoms with Crippen LogP contribution in [0.2, 0.25) is 0 Å². The van der Waals surface area contributed by atoms with E-state index in [1.54, 1.807) is 0 Å². The van der Waals surface area contributed by atoms with E-state index >= 15 is 0 Å². The second-order valence-corrected chi connectivity index (χ2v) is 4.94. The standard InChI is InChI=1S/C10H15NO2/c12-10(13)9-8-2-6-1-7(3-8)5-11(9)4-6/h6-9H,1-5H2,(H,12,13). The highest BCUT2D eigenvalue weighted by Gasteiger charge is 2.49. The number of carboxylic acid groups (broad SMARTS) is 1. The molecule has 3 atom stereocenters. The molecule has 3 heteroatoms. The van der Waals surface area contributed by atoms with E-state index in [-0.39, 0.29) is 6.04 Å². The van der Waals surface area contributed by atoms with Crippen molar-refractivity contribution in [1.82, 2.24) is 4.90 Å². The Kier molecular flexibility index (Phi) is 1.48. The molecular formula is C10H15NO2. The normalized spacial score (nSPS) is 52.5. The van der Waals surface area contributed by atoms with Gasteiger partial charge in [-0.05, 0) is 37.0 Å². The maximum atomic E-state index is 11.0. The smallest absolute Gasteiger partial charge is 0.321 e. The third-order valence-corrected chi connectivity index (χ3v) is 4.02. The molecule has 0 aromatic rings. The van der Waals surface area contributed by atoms with Crippen LogP contribution in [-0.2, 0) is 4.79 Å². The van der Waals surface area contributed by atoms with Gasteiger partial charge in [-0.3, -0.25) is 9.69 Å². The maximum absolute atomic E-state index is 11.0. The number of piperidine rings is 3. The summed E-state index contributed by atoms with van der Waals surface area (Å²) in [6.45, 7) is 2.09. The van der Waals surface area contributed by atoms with Crippen molar-refractivity contribution in [2.75, 3.05) is 13.1 Å². The predicted molar refractivity (Wildman–Crippen MR) is 47.3 cm³/mol. The van der Waals surface area contributed by atoms with Crippen molar-refractivity contribution in [3.63, 3.8) is 0 Å². The lowest BCUT2D eigenvalue weighted by molar-refractivity contribution is -0.157. The zero-order valence-corrected chi connectivity index (χ0v) is 7.65. The van der Waals surface area contributed by atoms with Crippen molar-refractivity contribution in [3.8, 4) is 0 Å². The summed E-state index contributed by atoms with van der Waals surface area (Å²) in [6.07, 6.45) is 3.70. The van der Waals surface area contributed by atoms with Crippen LogP contribution >= 0.6 is 0 Å². The number of nitrogens with zero attached hydrogens (tertiary/aromatic N) is 1. The van der Waals surface area contributed by atoms with Crippen LogP contribution < -0.4 is 0 Å². The van der Waals surface area contributed by atoms with Crippen LogP contribution in [0.15, 0.2) is 0 Å². The van der Waals surface area contributed by atoms with Crippen LogP contribution in [0.5, 0.6) is 0 Å². The molecule has 0 aromatic carbocycles. The van der Waals surface area contributed by atoms with Gasteiger partial charge in [-0.15, -0.1) is 0 Å². The summed E-state index contributed by atoms with van der Waals surface area (Å²) in [5, 5.41) is 9.10. The molecule has 4 aliphatic rings. The Bertz CT molecular complexity index is 223. The van der Waals surface area contributed by atoms with E-state index in [1.165, 1.54) is 19.3 Å². The van der Waals surface area contributed by atoms with Gasteiger partial charge in [-0.1, -0.05) is 0 Å². The SMILES string of the molecule is O=C(O)C1C2CC3CC(C2)CN1C3. The molecule has 0 radical (unpaired) electrons. The lowest BCUT2D eigenvalue weighted by atomic mass is 9.65. The molecule has 3 aliphatic heterocycles. The van der Waals surface area contributed by atoms with Crippen molar-refractivity contribution in [2.24, 2.45) is 17.8 Å². The third-order valence-electron chi connectivity index (χ3n) is 4.02. The summed E-state index contributed by atoms with van der Waals surface area (Å²) in [5.74, 6) is 1.49. The molecule has 0 amide bonds. The Morgan fingerprint density at radius 3 is 2.23 bits per heavy atom. The van der Waals surface area contributed by atoms with Gasteiger partial charge >= 0.3 is 5.97 Å². The van der Waals surface area contributed by atoms with Crippen molar-refractivity contribution in [2.45, 2.75) is 25.3 Å². The summed E-state index contributed by atoms with van der Waals surface area (Å²) < 4.78 is 0. The number of aliphatic carboxylic acids is 1. The third kappa shape index (κ3) is 1.03. The quantitative estimate of drug-likeness (QED) is 0.650. The zero-order valence-electron chi connectivity index (χ0n) is 7.65. The largest absolute Gasteiger partial charge is 0.480 e. The van der Waals surface area contributed by atoms with Crippen molar-refractivity contribution < 1.29 is 9.90 Å². The zero-order chi connectivity index (χ0) is 9.00. The Morgan fingerprint density at radius 1 is 1.15 bits per heavy atom. The second-order valence-electron chi connectivity index (χ2n) is 4.94.